The molecule has 2 aliphatic heterocycles. The molecule has 1 saturated heterocycles. The SMILES string of the molecule is NC1=NC2CCC(Cl)CC2C1(O)C1CCCC2CCCNC21. The fourth-order valence-electron chi connectivity index (χ4n) is 5.71. The molecule has 4 aliphatic rings. The van der Waals surface area contributed by atoms with Crippen LogP contribution in [0.4, 0.5) is 0 Å². The van der Waals surface area contributed by atoms with Crippen molar-refractivity contribution in [2.45, 2.75) is 74.4 Å². The van der Waals surface area contributed by atoms with E-state index in [1.165, 1.54) is 25.7 Å². The summed E-state index contributed by atoms with van der Waals surface area (Å²) in [6.07, 6.45) is 8.88. The number of halogens is 1. The van der Waals surface area contributed by atoms with Crippen LogP contribution in [-0.4, -0.2) is 40.5 Å². The molecule has 7 unspecified atom stereocenters. The van der Waals surface area contributed by atoms with Gasteiger partial charge in [0.25, 0.3) is 0 Å². The highest BCUT2D eigenvalue weighted by Gasteiger charge is 2.58. The minimum Gasteiger partial charge on any atom is -0.385 e. The van der Waals surface area contributed by atoms with Gasteiger partial charge in [0.2, 0.25) is 0 Å². The van der Waals surface area contributed by atoms with E-state index in [-0.39, 0.29) is 23.3 Å². The summed E-state index contributed by atoms with van der Waals surface area (Å²) in [5.41, 5.74) is 5.36. The lowest BCUT2D eigenvalue weighted by molar-refractivity contribution is -0.0569. The van der Waals surface area contributed by atoms with Gasteiger partial charge in [-0.3, -0.25) is 4.99 Å². The van der Waals surface area contributed by atoms with E-state index in [4.69, 9.17) is 17.3 Å². The van der Waals surface area contributed by atoms with E-state index in [9.17, 15) is 5.11 Å². The third-order valence-corrected chi connectivity index (χ3v) is 7.16. The third-order valence-electron chi connectivity index (χ3n) is 6.76. The van der Waals surface area contributed by atoms with Crippen molar-refractivity contribution in [3.05, 3.63) is 0 Å². The van der Waals surface area contributed by atoms with Crippen molar-refractivity contribution in [2.75, 3.05) is 6.54 Å². The Bertz CT molecular complexity index is 469. The largest absolute Gasteiger partial charge is 0.385 e. The monoisotopic (exact) mass is 325 g/mol. The lowest BCUT2D eigenvalue weighted by atomic mass is 9.61. The van der Waals surface area contributed by atoms with Crippen molar-refractivity contribution in [1.82, 2.24) is 5.32 Å². The zero-order chi connectivity index (χ0) is 15.3. The zero-order valence-electron chi connectivity index (χ0n) is 13.2. The predicted octanol–water partition coefficient (Wildman–Crippen LogP) is 2.03. The lowest BCUT2D eigenvalue weighted by Gasteiger charge is -2.50. The van der Waals surface area contributed by atoms with Gasteiger partial charge in [-0.15, -0.1) is 11.6 Å². The number of aliphatic hydroxyl groups is 1. The maximum Gasteiger partial charge on any atom is 0.130 e. The Kier molecular flexibility index (Phi) is 3.90. The highest BCUT2D eigenvalue weighted by molar-refractivity contribution is 6.20. The van der Waals surface area contributed by atoms with Gasteiger partial charge in [-0.25, -0.2) is 0 Å². The second-order valence-corrected chi connectivity index (χ2v) is 8.46. The van der Waals surface area contributed by atoms with E-state index in [0.29, 0.717) is 17.8 Å². The molecule has 3 fully saturated rings. The first-order valence-electron chi connectivity index (χ1n) is 9.04. The van der Waals surface area contributed by atoms with Crippen LogP contribution in [-0.2, 0) is 0 Å². The van der Waals surface area contributed by atoms with Crippen LogP contribution in [0.3, 0.4) is 0 Å². The average Bonchev–Trinajstić information content (AvgIpc) is 2.79. The Morgan fingerprint density at radius 3 is 2.82 bits per heavy atom. The second-order valence-electron chi connectivity index (χ2n) is 7.84. The zero-order valence-corrected chi connectivity index (χ0v) is 13.9. The molecule has 22 heavy (non-hydrogen) atoms. The summed E-state index contributed by atoms with van der Waals surface area (Å²) in [4.78, 5) is 4.67. The van der Waals surface area contributed by atoms with Crippen LogP contribution in [0.25, 0.3) is 0 Å². The number of aliphatic imine (C=N–C) groups is 1. The Hall–Kier alpha value is -0.320. The molecule has 0 bridgehead atoms. The summed E-state index contributed by atoms with van der Waals surface area (Å²) < 4.78 is 0. The minimum atomic E-state index is -0.939. The van der Waals surface area contributed by atoms with Crippen molar-refractivity contribution in [1.29, 1.82) is 0 Å². The van der Waals surface area contributed by atoms with Crippen LogP contribution in [0.5, 0.6) is 0 Å². The van der Waals surface area contributed by atoms with Crippen molar-refractivity contribution in [3.63, 3.8) is 0 Å². The molecule has 2 heterocycles. The van der Waals surface area contributed by atoms with Crippen molar-refractivity contribution in [2.24, 2.45) is 28.5 Å². The molecular weight excluding hydrogens is 298 g/mol. The molecule has 4 nitrogen and oxygen atoms in total. The average molecular weight is 326 g/mol. The van der Waals surface area contributed by atoms with Gasteiger partial charge in [0, 0.05) is 23.3 Å². The van der Waals surface area contributed by atoms with Crippen molar-refractivity contribution >= 4 is 17.4 Å². The Morgan fingerprint density at radius 2 is 1.95 bits per heavy atom. The first kappa shape index (κ1) is 15.2. The Balaban J connectivity index is 1.65. The summed E-state index contributed by atoms with van der Waals surface area (Å²) in [5.74, 6) is 1.51. The number of fused-ring (bicyclic) bond motifs is 2. The molecule has 0 aromatic rings. The quantitative estimate of drug-likeness (QED) is 0.646. The molecule has 0 aromatic carbocycles. The van der Waals surface area contributed by atoms with Gasteiger partial charge in [-0.1, -0.05) is 6.42 Å². The summed E-state index contributed by atoms with van der Waals surface area (Å²) in [7, 11) is 0. The molecule has 4 rings (SSSR count). The number of piperidine rings is 1. The maximum absolute atomic E-state index is 11.7. The summed E-state index contributed by atoms with van der Waals surface area (Å²) in [5, 5.41) is 15.5. The van der Waals surface area contributed by atoms with Gasteiger partial charge >= 0.3 is 0 Å². The molecule has 0 amide bonds. The topological polar surface area (TPSA) is 70.6 Å². The van der Waals surface area contributed by atoms with Crippen molar-refractivity contribution < 1.29 is 5.11 Å². The standard InChI is InChI=1S/C17H28ClN3O/c18-11-6-7-14-13(9-11)17(22,16(19)21-14)12-5-1-3-10-4-2-8-20-15(10)12/h10-15,20,22H,1-9H2,(H2,19,21). The van der Waals surface area contributed by atoms with Gasteiger partial charge < -0.3 is 16.2 Å². The van der Waals surface area contributed by atoms with E-state index in [1.807, 2.05) is 0 Å². The molecule has 2 saturated carbocycles. The Morgan fingerprint density at radius 1 is 1.14 bits per heavy atom. The van der Waals surface area contributed by atoms with Crippen LogP contribution in [0.2, 0.25) is 0 Å². The van der Waals surface area contributed by atoms with Crippen LogP contribution in [0.15, 0.2) is 4.99 Å². The van der Waals surface area contributed by atoms with E-state index >= 15 is 0 Å². The molecule has 7 atom stereocenters. The smallest absolute Gasteiger partial charge is 0.130 e. The Labute approximate surface area is 137 Å². The summed E-state index contributed by atoms with van der Waals surface area (Å²) in [6.45, 7) is 1.07. The summed E-state index contributed by atoms with van der Waals surface area (Å²) >= 11 is 6.42. The molecule has 0 aromatic heterocycles. The number of nitrogens with two attached hydrogens (primary N) is 1. The molecule has 0 spiro atoms. The van der Waals surface area contributed by atoms with Gasteiger partial charge in [0.05, 0.1) is 6.04 Å². The third kappa shape index (κ3) is 2.22. The molecule has 124 valence electrons. The fraction of sp³-hybridized carbons (Fsp3) is 0.941. The molecular formula is C17H28ClN3O. The predicted molar refractivity (Wildman–Crippen MR) is 89.2 cm³/mol. The van der Waals surface area contributed by atoms with Crippen LogP contribution < -0.4 is 11.1 Å². The van der Waals surface area contributed by atoms with Gasteiger partial charge in [-0.2, -0.15) is 0 Å². The maximum atomic E-state index is 11.7. The molecule has 2 aliphatic carbocycles. The van der Waals surface area contributed by atoms with Gasteiger partial charge in [-0.05, 0) is 57.4 Å². The summed E-state index contributed by atoms with van der Waals surface area (Å²) in [6, 6.07) is 0.583. The number of hydrogen-bond acceptors (Lipinski definition) is 4. The number of hydrogen-bond donors (Lipinski definition) is 3. The number of amidine groups is 1. The van der Waals surface area contributed by atoms with Gasteiger partial charge in [0.1, 0.15) is 11.4 Å². The highest BCUT2D eigenvalue weighted by atomic mass is 35.5. The lowest BCUT2D eigenvalue weighted by Crippen LogP contribution is -2.63. The fourth-order valence-corrected chi connectivity index (χ4v) is 6.03. The van der Waals surface area contributed by atoms with Crippen LogP contribution in [0, 0.1) is 17.8 Å². The molecule has 0 radical (unpaired) electrons. The highest BCUT2D eigenvalue weighted by Crippen LogP contribution is 2.50. The molecule has 5 heteroatoms. The van der Waals surface area contributed by atoms with Crippen LogP contribution in [0.1, 0.15) is 51.4 Å². The number of nitrogens with zero attached hydrogens (tertiary/aromatic N) is 1. The van der Waals surface area contributed by atoms with E-state index in [2.05, 4.69) is 10.3 Å². The number of nitrogens with one attached hydrogen (secondary N) is 1. The van der Waals surface area contributed by atoms with Crippen LogP contribution >= 0.6 is 11.6 Å². The van der Waals surface area contributed by atoms with E-state index < -0.39 is 5.60 Å². The number of rotatable bonds is 1. The van der Waals surface area contributed by atoms with Crippen molar-refractivity contribution in [3.8, 4) is 0 Å². The second kappa shape index (κ2) is 5.64. The van der Waals surface area contributed by atoms with E-state index in [1.54, 1.807) is 0 Å². The number of alkyl halides is 1. The first-order chi connectivity index (χ1) is 10.6. The first-order valence-corrected chi connectivity index (χ1v) is 9.48. The molecule has 4 N–H and O–H groups in total. The normalized spacial score (nSPS) is 51.8. The minimum absolute atomic E-state index is 0.122. The van der Waals surface area contributed by atoms with Gasteiger partial charge in [0.15, 0.2) is 0 Å². The van der Waals surface area contributed by atoms with E-state index in [0.717, 1.165) is 32.2 Å².